The molecular weight excluding hydrogens is 164 g/mol. The average molecular weight is 186 g/mol. The molecule has 0 aliphatic heterocycles. The Balaban J connectivity index is 0. The molecule has 2 nitrogen and oxygen atoms in total. The van der Waals surface area contributed by atoms with Crippen LogP contribution in [0, 0.1) is 0 Å². The molecule has 0 saturated heterocycles. The molecule has 78 valence electrons. The topological polar surface area (TPSA) is 34.1 Å². The number of Topliss-reactive ketones (excluding diaryl/α,β-unsaturated/α-hetero) is 2. The van der Waals surface area contributed by atoms with Gasteiger partial charge in [-0.25, -0.2) is 0 Å². The van der Waals surface area contributed by atoms with Gasteiger partial charge < -0.3 is 0 Å². The van der Waals surface area contributed by atoms with E-state index in [-0.39, 0.29) is 11.6 Å². The van der Waals surface area contributed by atoms with Crippen LogP contribution in [0.5, 0.6) is 0 Å². The molecule has 0 N–H and O–H groups in total. The summed E-state index contributed by atoms with van der Waals surface area (Å²) in [6.07, 6.45) is 5.24. The third kappa shape index (κ3) is 14.2. The van der Waals surface area contributed by atoms with E-state index in [9.17, 15) is 9.59 Å². The van der Waals surface area contributed by atoms with Gasteiger partial charge in [-0.3, -0.25) is 9.59 Å². The number of carbonyl (C=O) groups is 2. The van der Waals surface area contributed by atoms with E-state index < -0.39 is 0 Å². The Labute approximate surface area is 81.7 Å². The van der Waals surface area contributed by atoms with Crippen LogP contribution in [0.3, 0.4) is 0 Å². The molecule has 0 bridgehead atoms. The van der Waals surface area contributed by atoms with Crippen molar-refractivity contribution in [2.75, 3.05) is 0 Å². The normalized spacial score (nSPS) is 8.62. The van der Waals surface area contributed by atoms with Crippen LogP contribution in [-0.4, -0.2) is 11.6 Å². The van der Waals surface area contributed by atoms with E-state index in [1.54, 1.807) is 0 Å². The minimum atomic E-state index is -0.327. The maximum Gasteiger partial charge on any atom is 0.198 e. The predicted molar refractivity (Wildman–Crippen MR) is 55.8 cm³/mol. The molecule has 0 atom stereocenters. The highest BCUT2D eigenvalue weighted by Gasteiger charge is 2.03. The summed E-state index contributed by atoms with van der Waals surface area (Å²) in [6, 6.07) is 0. The Kier molecular flexibility index (Phi) is 12.9. The molecule has 0 rings (SSSR count). The number of ketones is 2. The van der Waals surface area contributed by atoms with Gasteiger partial charge in [0.25, 0.3) is 0 Å². The second-order valence-corrected chi connectivity index (χ2v) is 3.08. The standard InChI is InChI=1S/C6H10O2.C5H12/c1-3-4-6(8)5(2)7;1-3-5-4-2/h3-4H2,1-2H3;3-5H2,1-2H3. The SMILES string of the molecule is CCCC(=O)C(C)=O.CCCCC. The summed E-state index contributed by atoms with van der Waals surface area (Å²) in [7, 11) is 0. The van der Waals surface area contributed by atoms with Crippen LogP contribution in [0.4, 0.5) is 0 Å². The Morgan fingerprint density at radius 1 is 0.923 bits per heavy atom. The molecule has 0 fully saturated rings. The molecule has 0 aromatic heterocycles. The van der Waals surface area contributed by atoms with Crippen LogP contribution >= 0.6 is 0 Å². The maximum atomic E-state index is 10.4. The first-order valence-electron chi connectivity index (χ1n) is 5.13. The molecule has 0 amide bonds. The van der Waals surface area contributed by atoms with E-state index in [0.717, 1.165) is 6.42 Å². The summed E-state index contributed by atoms with van der Waals surface area (Å²) in [5.74, 6) is -0.584. The molecule has 0 saturated carbocycles. The van der Waals surface area contributed by atoms with Gasteiger partial charge in [0, 0.05) is 13.3 Å². The highest BCUT2D eigenvalue weighted by Crippen LogP contribution is 1.88. The number of rotatable bonds is 5. The van der Waals surface area contributed by atoms with Gasteiger partial charge in [-0.15, -0.1) is 0 Å². The second-order valence-electron chi connectivity index (χ2n) is 3.08. The van der Waals surface area contributed by atoms with Gasteiger partial charge in [0.05, 0.1) is 0 Å². The van der Waals surface area contributed by atoms with Crippen molar-refractivity contribution in [3.05, 3.63) is 0 Å². The van der Waals surface area contributed by atoms with Crippen molar-refractivity contribution in [1.29, 1.82) is 0 Å². The van der Waals surface area contributed by atoms with Gasteiger partial charge >= 0.3 is 0 Å². The lowest BCUT2D eigenvalue weighted by Gasteiger charge is -1.87. The molecule has 0 unspecified atom stereocenters. The highest BCUT2D eigenvalue weighted by molar-refractivity contribution is 6.36. The molecule has 13 heavy (non-hydrogen) atoms. The van der Waals surface area contributed by atoms with Crippen molar-refractivity contribution in [2.45, 2.75) is 59.8 Å². The van der Waals surface area contributed by atoms with Gasteiger partial charge in [0.1, 0.15) is 0 Å². The van der Waals surface area contributed by atoms with Crippen molar-refractivity contribution in [1.82, 2.24) is 0 Å². The van der Waals surface area contributed by atoms with E-state index in [2.05, 4.69) is 13.8 Å². The van der Waals surface area contributed by atoms with Crippen molar-refractivity contribution >= 4 is 11.6 Å². The first-order chi connectivity index (χ1) is 6.09. The van der Waals surface area contributed by atoms with Crippen LogP contribution in [0.2, 0.25) is 0 Å². The zero-order valence-corrected chi connectivity index (χ0v) is 9.35. The van der Waals surface area contributed by atoms with Crippen LogP contribution in [0.1, 0.15) is 59.8 Å². The molecule has 0 aliphatic carbocycles. The summed E-state index contributed by atoms with van der Waals surface area (Å²) in [4.78, 5) is 20.6. The number of hydrogen-bond acceptors (Lipinski definition) is 2. The summed E-state index contributed by atoms with van der Waals surface area (Å²) in [6.45, 7) is 7.60. The van der Waals surface area contributed by atoms with E-state index >= 15 is 0 Å². The fourth-order valence-corrected chi connectivity index (χ4v) is 0.757. The average Bonchev–Trinajstić information content (AvgIpc) is 2.07. The quantitative estimate of drug-likeness (QED) is 0.618. The number of carbonyl (C=O) groups excluding carboxylic acids is 2. The first-order valence-corrected chi connectivity index (χ1v) is 5.13. The smallest absolute Gasteiger partial charge is 0.198 e. The van der Waals surface area contributed by atoms with Gasteiger partial charge in [-0.2, -0.15) is 0 Å². The minimum Gasteiger partial charge on any atom is -0.291 e. The summed E-state index contributed by atoms with van der Waals surface area (Å²) >= 11 is 0. The van der Waals surface area contributed by atoms with E-state index in [0.29, 0.717) is 6.42 Å². The maximum absolute atomic E-state index is 10.4. The zero-order chi connectivity index (χ0) is 10.7. The van der Waals surface area contributed by atoms with Crippen LogP contribution < -0.4 is 0 Å². The van der Waals surface area contributed by atoms with Crippen molar-refractivity contribution in [3.8, 4) is 0 Å². The van der Waals surface area contributed by atoms with Crippen LogP contribution in [0.25, 0.3) is 0 Å². The Bertz CT molecular complexity index is 137. The van der Waals surface area contributed by atoms with Crippen LogP contribution in [0.15, 0.2) is 0 Å². The highest BCUT2D eigenvalue weighted by atomic mass is 16.2. The molecule has 0 aromatic rings. The van der Waals surface area contributed by atoms with Gasteiger partial charge in [0.2, 0.25) is 0 Å². The van der Waals surface area contributed by atoms with E-state index in [4.69, 9.17) is 0 Å². The largest absolute Gasteiger partial charge is 0.291 e. The predicted octanol–water partition coefficient (Wildman–Crippen LogP) is 3.14. The van der Waals surface area contributed by atoms with Crippen molar-refractivity contribution < 1.29 is 9.59 Å². The fourth-order valence-electron chi connectivity index (χ4n) is 0.757. The molecule has 0 aliphatic rings. The van der Waals surface area contributed by atoms with Gasteiger partial charge in [-0.1, -0.05) is 40.0 Å². The summed E-state index contributed by atoms with van der Waals surface area (Å²) in [5.41, 5.74) is 0. The molecule has 2 heteroatoms. The zero-order valence-electron chi connectivity index (χ0n) is 9.35. The third-order valence-corrected chi connectivity index (χ3v) is 1.58. The molecular formula is C11H22O2. The van der Waals surface area contributed by atoms with Crippen molar-refractivity contribution in [2.24, 2.45) is 0 Å². The van der Waals surface area contributed by atoms with Gasteiger partial charge in [0.15, 0.2) is 11.6 Å². The van der Waals surface area contributed by atoms with Crippen LogP contribution in [-0.2, 0) is 9.59 Å². The fraction of sp³-hybridized carbons (Fsp3) is 0.818. The Hall–Kier alpha value is -0.660. The minimum absolute atomic E-state index is 0.257. The van der Waals surface area contributed by atoms with Crippen molar-refractivity contribution in [3.63, 3.8) is 0 Å². The second kappa shape index (κ2) is 11.3. The Morgan fingerprint density at radius 3 is 1.46 bits per heavy atom. The first kappa shape index (κ1) is 14.8. The monoisotopic (exact) mass is 186 g/mol. The van der Waals surface area contributed by atoms with Gasteiger partial charge in [-0.05, 0) is 6.42 Å². The van der Waals surface area contributed by atoms with E-state index in [1.165, 1.54) is 26.2 Å². The lowest BCUT2D eigenvalue weighted by Crippen LogP contribution is -2.07. The number of hydrogen-bond donors (Lipinski definition) is 0. The summed E-state index contributed by atoms with van der Waals surface area (Å²) in [5, 5.41) is 0. The molecule has 0 spiro atoms. The van der Waals surface area contributed by atoms with E-state index in [1.807, 2.05) is 6.92 Å². The lowest BCUT2D eigenvalue weighted by atomic mass is 10.2. The third-order valence-electron chi connectivity index (χ3n) is 1.58. The number of unbranched alkanes of at least 4 members (excludes halogenated alkanes) is 2. The molecule has 0 radical (unpaired) electrons. The summed E-state index contributed by atoms with van der Waals surface area (Å²) < 4.78 is 0. The Morgan fingerprint density at radius 2 is 1.38 bits per heavy atom. The lowest BCUT2D eigenvalue weighted by molar-refractivity contribution is -0.135. The molecule has 0 heterocycles. The molecule has 0 aromatic carbocycles.